The molecule has 3 aromatic rings. The van der Waals surface area contributed by atoms with Crippen LogP contribution in [0.1, 0.15) is 28.7 Å². The van der Waals surface area contributed by atoms with E-state index >= 15 is 0 Å². The number of piperazine rings is 1. The van der Waals surface area contributed by atoms with E-state index in [1.165, 1.54) is 29.4 Å². The SMILES string of the molecule is COc1ncc(C2CN(C(=O)OCC3c4ccccc4-c4ccccc43)CCN2)cc1Cl. The molecule has 1 aromatic heterocycles. The number of hydrogen-bond acceptors (Lipinski definition) is 5. The van der Waals surface area contributed by atoms with Gasteiger partial charge in [-0.25, -0.2) is 9.78 Å². The molecule has 32 heavy (non-hydrogen) atoms. The Hall–Kier alpha value is -3.09. The fourth-order valence-corrected chi connectivity index (χ4v) is 4.86. The molecule has 1 atom stereocenters. The predicted molar refractivity (Wildman–Crippen MR) is 123 cm³/mol. The highest BCUT2D eigenvalue weighted by molar-refractivity contribution is 6.31. The van der Waals surface area contributed by atoms with Gasteiger partial charge < -0.3 is 19.7 Å². The molecule has 164 valence electrons. The van der Waals surface area contributed by atoms with E-state index in [1.54, 1.807) is 11.1 Å². The third kappa shape index (κ3) is 3.80. The van der Waals surface area contributed by atoms with Gasteiger partial charge in [0.25, 0.3) is 0 Å². The van der Waals surface area contributed by atoms with Crippen LogP contribution in [0, 0.1) is 0 Å². The molecular weight excluding hydrogens is 426 g/mol. The summed E-state index contributed by atoms with van der Waals surface area (Å²) >= 11 is 6.23. The number of methoxy groups -OCH3 is 1. The molecule has 0 saturated carbocycles. The average Bonchev–Trinajstić information content (AvgIpc) is 3.16. The predicted octanol–water partition coefficient (Wildman–Crippen LogP) is 4.64. The summed E-state index contributed by atoms with van der Waals surface area (Å²) in [5.74, 6) is 0.439. The van der Waals surface area contributed by atoms with Gasteiger partial charge in [0.1, 0.15) is 11.6 Å². The Labute approximate surface area is 192 Å². The molecule has 1 fully saturated rings. The fourth-order valence-electron chi connectivity index (χ4n) is 4.61. The van der Waals surface area contributed by atoms with Crippen LogP contribution in [-0.4, -0.2) is 49.3 Å². The highest BCUT2D eigenvalue weighted by Crippen LogP contribution is 2.44. The molecule has 0 bridgehead atoms. The van der Waals surface area contributed by atoms with E-state index in [9.17, 15) is 4.79 Å². The van der Waals surface area contributed by atoms with E-state index < -0.39 is 0 Å². The molecule has 1 aliphatic heterocycles. The largest absolute Gasteiger partial charge is 0.480 e. The van der Waals surface area contributed by atoms with E-state index in [0.717, 1.165) is 5.56 Å². The zero-order valence-corrected chi connectivity index (χ0v) is 18.5. The van der Waals surface area contributed by atoms with Crippen molar-refractivity contribution in [3.8, 4) is 17.0 Å². The minimum absolute atomic E-state index is 0.0506. The van der Waals surface area contributed by atoms with Crippen molar-refractivity contribution in [2.75, 3.05) is 33.4 Å². The van der Waals surface area contributed by atoms with Crippen LogP contribution in [-0.2, 0) is 4.74 Å². The monoisotopic (exact) mass is 449 g/mol. The van der Waals surface area contributed by atoms with Crippen LogP contribution in [0.15, 0.2) is 60.8 Å². The highest BCUT2D eigenvalue weighted by Gasteiger charge is 2.31. The molecule has 2 aromatic carbocycles. The van der Waals surface area contributed by atoms with Gasteiger partial charge in [0, 0.05) is 31.7 Å². The Morgan fingerprint density at radius 2 is 1.84 bits per heavy atom. The first-order valence-electron chi connectivity index (χ1n) is 10.7. The first-order valence-corrected chi connectivity index (χ1v) is 11.1. The molecule has 2 aliphatic rings. The van der Waals surface area contributed by atoms with Crippen molar-refractivity contribution < 1.29 is 14.3 Å². The second-order valence-corrected chi connectivity index (χ2v) is 8.42. The van der Waals surface area contributed by atoms with Gasteiger partial charge in [-0.1, -0.05) is 60.1 Å². The maximum Gasteiger partial charge on any atom is 0.409 e. The number of nitrogens with one attached hydrogen (secondary N) is 1. The number of halogens is 1. The minimum Gasteiger partial charge on any atom is -0.480 e. The summed E-state index contributed by atoms with van der Waals surface area (Å²) in [5.41, 5.74) is 5.76. The number of amides is 1. The highest BCUT2D eigenvalue weighted by atomic mass is 35.5. The second-order valence-electron chi connectivity index (χ2n) is 8.02. The van der Waals surface area contributed by atoms with Crippen molar-refractivity contribution >= 4 is 17.7 Å². The van der Waals surface area contributed by atoms with Crippen molar-refractivity contribution in [1.29, 1.82) is 0 Å². The number of benzene rings is 2. The molecule has 5 rings (SSSR count). The van der Waals surface area contributed by atoms with Crippen molar-refractivity contribution in [3.05, 3.63) is 82.5 Å². The van der Waals surface area contributed by atoms with Crippen molar-refractivity contribution in [1.82, 2.24) is 15.2 Å². The molecule has 1 aliphatic carbocycles. The van der Waals surface area contributed by atoms with Crippen molar-refractivity contribution in [2.24, 2.45) is 0 Å². The van der Waals surface area contributed by atoms with E-state index in [1.807, 2.05) is 30.3 Å². The number of carbonyl (C=O) groups excluding carboxylic acids is 1. The fraction of sp³-hybridized carbons (Fsp3) is 0.280. The number of ether oxygens (including phenoxy) is 2. The normalized spacial score (nSPS) is 17.6. The summed E-state index contributed by atoms with van der Waals surface area (Å²) < 4.78 is 11.0. The summed E-state index contributed by atoms with van der Waals surface area (Å²) in [7, 11) is 1.53. The first kappa shape index (κ1) is 20.8. The maximum atomic E-state index is 12.9. The Bertz CT molecular complexity index is 1110. The summed E-state index contributed by atoms with van der Waals surface area (Å²) in [6, 6.07) is 18.4. The molecule has 1 saturated heterocycles. The maximum absolute atomic E-state index is 12.9. The van der Waals surface area contributed by atoms with E-state index in [2.05, 4.69) is 34.6 Å². The zero-order chi connectivity index (χ0) is 22.1. The number of nitrogens with zero attached hydrogens (tertiary/aromatic N) is 2. The molecule has 7 heteroatoms. The van der Waals surface area contributed by atoms with Crippen LogP contribution in [0.4, 0.5) is 4.79 Å². The van der Waals surface area contributed by atoms with Crippen LogP contribution >= 0.6 is 11.6 Å². The molecule has 1 amide bonds. The van der Waals surface area contributed by atoms with Crippen LogP contribution in [0.2, 0.25) is 5.02 Å². The molecule has 0 radical (unpaired) electrons. The van der Waals surface area contributed by atoms with Gasteiger partial charge in [-0.2, -0.15) is 0 Å². The Morgan fingerprint density at radius 3 is 2.50 bits per heavy atom. The van der Waals surface area contributed by atoms with E-state index in [4.69, 9.17) is 21.1 Å². The average molecular weight is 450 g/mol. The lowest BCUT2D eigenvalue weighted by Crippen LogP contribution is -2.48. The number of carbonyl (C=O) groups is 1. The molecule has 0 spiro atoms. The number of rotatable bonds is 4. The molecule has 1 N–H and O–H groups in total. The van der Waals surface area contributed by atoms with Crippen molar-refractivity contribution in [3.63, 3.8) is 0 Å². The number of hydrogen-bond donors (Lipinski definition) is 1. The van der Waals surface area contributed by atoms with Gasteiger partial charge in [0.05, 0.1) is 13.2 Å². The lowest BCUT2D eigenvalue weighted by molar-refractivity contribution is 0.0882. The van der Waals surface area contributed by atoms with Crippen LogP contribution < -0.4 is 10.1 Å². The van der Waals surface area contributed by atoms with Crippen LogP contribution in [0.5, 0.6) is 5.88 Å². The Morgan fingerprint density at radius 1 is 1.16 bits per heavy atom. The summed E-state index contributed by atoms with van der Waals surface area (Å²) in [5, 5.41) is 3.87. The quantitative estimate of drug-likeness (QED) is 0.628. The van der Waals surface area contributed by atoms with E-state index in [0.29, 0.717) is 37.1 Å². The third-order valence-electron chi connectivity index (χ3n) is 6.19. The number of aromatic nitrogens is 1. The van der Waals surface area contributed by atoms with E-state index in [-0.39, 0.29) is 18.1 Å². The third-order valence-corrected chi connectivity index (χ3v) is 6.46. The molecule has 2 heterocycles. The molecule has 1 unspecified atom stereocenters. The molecule has 6 nitrogen and oxygen atoms in total. The van der Waals surface area contributed by atoms with Crippen LogP contribution in [0.3, 0.4) is 0 Å². The standard InChI is InChI=1S/C25H24ClN3O3/c1-31-24-22(26)12-16(13-28-24)23-14-29(11-10-27-23)25(30)32-15-21-19-8-4-2-6-17(19)18-7-3-5-9-20(18)21/h2-9,12-13,21,23,27H,10-11,14-15H2,1H3. The van der Waals surface area contributed by atoms with Gasteiger partial charge in [0.15, 0.2) is 0 Å². The summed E-state index contributed by atoms with van der Waals surface area (Å²) in [6.45, 7) is 2.06. The lowest BCUT2D eigenvalue weighted by Gasteiger charge is -2.33. The van der Waals surface area contributed by atoms with Crippen molar-refractivity contribution in [2.45, 2.75) is 12.0 Å². The van der Waals surface area contributed by atoms with Crippen LogP contribution in [0.25, 0.3) is 11.1 Å². The van der Waals surface area contributed by atoms with Gasteiger partial charge in [-0.15, -0.1) is 0 Å². The minimum atomic E-state index is -0.300. The first-order chi connectivity index (χ1) is 15.7. The number of fused-ring (bicyclic) bond motifs is 3. The summed E-state index contributed by atoms with van der Waals surface area (Å²) in [6.07, 6.45) is 1.43. The topological polar surface area (TPSA) is 63.7 Å². The number of pyridine rings is 1. The Kier molecular flexibility index (Phi) is 5.72. The second kappa shape index (κ2) is 8.81. The van der Waals surface area contributed by atoms with Gasteiger partial charge in [0.2, 0.25) is 5.88 Å². The zero-order valence-electron chi connectivity index (χ0n) is 17.8. The van der Waals surface area contributed by atoms with Gasteiger partial charge in [-0.05, 0) is 33.9 Å². The van der Waals surface area contributed by atoms with Gasteiger partial charge >= 0.3 is 6.09 Å². The summed E-state index contributed by atoms with van der Waals surface area (Å²) in [4.78, 5) is 18.9. The smallest absolute Gasteiger partial charge is 0.409 e. The molecular formula is C25H24ClN3O3. The lowest BCUT2D eigenvalue weighted by atomic mass is 9.98. The van der Waals surface area contributed by atoms with Gasteiger partial charge in [-0.3, -0.25) is 0 Å². The Balaban J connectivity index is 1.27.